The summed E-state index contributed by atoms with van der Waals surface area (Å²) in [5.74, 6) is 2.08. The van der Waals surface area contributed by atoms with Crippen molar-refractivity contribution in [3.05, 3.63) is 17.5 Å². The number of hydrogen-bond donors (Lipinski definition) is 1. The molecule has 2 aliphatic rings. The zero-order valence-electron chi connectivity index (χ0n) is 13.3. The van der Waals surface area contributed by atoms with Crippen molar-refractivity contribution in [1.82, 2.24) is 15.1 Å². The second kappa shape index (κ2) is 5.51. The first kappa shape index (κ1) is 14.1. The molecule has 2 unspecified atom stereocenters. The molecular weight excluding hydrogens is 246 g/mol. The lowest BCUT2D eigenvalue weighted by Crippen LogP contribution is -2.36. The van der Waals surface area contributed by atoms with Crippen LogP contribution in [0, 0.1) is 17.3 Å². The van der Waals surface area contributed by atoms with E-state index in [1.54, 1.807) is 0 Å². The Morgan fingerprint density at radius 1 is 1.35 bits per heavy atom. The van der Waals surface area contributed by atoms with Crippen molar-refractivity contribution in [2.75, 3.05) is 13.1 Å². The van der Waals surface area contributed by atoms with E-state index in [-0.39, 0.29) is 0 Å². The van der Waals surface area contributed by atoms with Crippen LogP contribution in [-0.4, -0.2) is 22.9 Å². The molecule has 0 aliphatic heterocycles. The summed E-state index contributed by atoms with van der Waals surface area (Å²) in [4.78, 5) is 0. The minimum Gasteiger partial charge on any atom is -0.316 e. The smallest absolute Gasteiger partial charge is 0.0624 e. The van der Waals surface area contributed by atoms with Gasteiger partial charge in [0.15, 0.2) is 0 Å². The highest BCUT2D eigenvalue weighted by atomic mass is 15.3. The second-order valence-electron chi connectivity index (χ2n) is 7.12. The van der Waals surface area contributed by atoms with Gasteiger partial charge in [0.2, 0.25) is 0 Å². The van der Waals surface area contributed by atoms with E-state index in [1.807, 2.05) is 0 Å². The van der Waals surface area contributed by atoms with E-state index in [0.717, 1.165) is 24.8 Å². The van der Waals surface area contributed by atoms with E-state index in [1.165, 1.54) is 50.0 Å². The van der Waals surface area contributed by atoms with Gasteiger partial charge >= 0.3 is 0 Å². The van der Waals surface area contributed by atoms with Gasteiger partial charge in [-0.15, -0.1) is 0 Å². The molecule has 20 heavy (non-hydrogen) atoms. The van der Waals surface area contributed by atoms with Crippen LogP contribution in [0.4, 0.5) is 0 Å². The van der Waals surface area contributed by atoms with E-state index < -0.39 is 0 Å². The molecule has 1 aromatic heterocycles. The number of rotatable bonds is 7. The van der Waals surface area contributed by atoms with Crippen LogP contribution in [0.15, 0.2) is 6.07 Å². The lowest BCUT2D eigenvalue weighted by atomic mass is 9.78. The molecule has 2 aliphatic carbocycles. The van der Waals surface area contributed by atoms with Crippen LogP contribution in [0.2, 0.25) is 0 Å². The second-order valence-corrected chi connectivity index (χ2v) is 7.12. The molecule has 1 N–H and O–H groups in total. The van der Waals surface area contributed by atoms with Crippen molar-refractivity contribution in [2.24, 2.45) is 24.3 Å². The Morgan fingerprint density at radius 2 is 2.10 bits per heavy atom. The molecule has 0 spiro atoms. The van der Waals surface area contributed by atoms with Crippen molar-refractivity contribution in [3.8, 4) is 0 Å². The highest BCUT2D eigenvalue weighted by molar-refractivity contribution is 5.15. The average molecular weight is 275 g/mol. The van der Waals surface area contributed by atoms with E-state index in [2.05, 4.69) is 42.1 Å². The molecular formula is C17H29N3. The van der Waals surface area contributed by atoms with Gasteiger partial charge in [0, 0.05) is 19.3 Å². The predicted molar refractivity (Wildman–Crippen MR) is 82.7 cm³/mol. The number of nitrogens with zero attached hydrogens (tertiary/aromatic N) is 2. The molecule has 2 fully saturated rings. The number of nitrogens with one attached hydrogen (secondary N) is 1. The Kier molecular flexibility index (Phi) is 3.89. The fourth-order valence-corrected chi connectivity index (χ4v) is 4.18. The summed E-state index contributed by atoms with van der Waals surface area (Å²) < 4.78 is 2.12. The third-order valence-corrected chi connectivity index (χ3v) is 5.33. The van der Waals surface area contributed by atoms with Gasteiger partial charge in [-0.25, -0.2) is 0 Å². The van der Waals surface area contributed by atoms with Crippen molar-refractivity contribution >= 4 is 0 Å². The summed E-state index contributed by atoms with van der Waals surface area (Å²) in [7, 11) is 2.11. The summed E-state index contributed by atoms with van der Waals surface area (Å²) >= 11 is 0. The minimum atomic E-state index is 0.502. The van der Waals surface area contributed by atoms with Crippen LogP contribution in [0.3, 0.4) is 0 Å². The topological polar surface area (TPSA) is 29.9 Å². The molecule has 0 radical (unpaired) electrons. The third-order valence-electron chi connectivity index (χ3n) is 5.33. The van der Waals surface area contributed by atoms with Gasteiger partial charge in [-0.3, -0.25) is 4.68 Å². The maximum atomic E-state index is 4.63. The lowest BCUT2D eigenvalue weighted by molar-refractivity contribution is 0.244. The zero-order valence-corrected chi connectivity index (χ0v) is 13.3. The number of aromatic nitrogens is 2. The Balaban J connectivity index is 1.70. The van der Waals surface area contributed by atoms with Crippen LogP contribution < -0.4 is 5.32 Å². The van der Waals surface area contributed by atoms with E-state index >= 15 is 0 Å². The van der Waals surface area contributed by atoms with Crippen molar-refractivity contribution < 1.29 is 0 Å². The summed E-state index contributed by atoms with van der Waals surface area (Å²) in [6.45, 7) is 6.79. The van der Waals surface area contributed by atoms with Crippen LogP contribution in [-0.2, 0) is 19.9 Å². The van der Waals surface area contributed by atoms with Gasteiger partial charge in [0.25, 0.3) is 0 Å². The summed E-state index contributed by atoms with van der Waals surface area (Å²) in [5, 5.41) is 8.32. The molecule has 3 heteroatoms. The van der Waals surface area contributed by atoms with Crippen molar-refractivity contribution in [1.29, 1.82) is 0 Å². The van der Waals surface area contributed by atoms with Crippen LogP contribution in [0.5, 0.6) is 0 Å². The Bertz CT molecular complexity index is 453. The lowest BCUT2D eigenvalue weighted by Gasteiger charge is -2.31. The number of aryl methyl sites for hydroxylation is 2. The normalized spacial score (nSPS) is 31.6. The predicted octanol–water partition coefficient (Wildman–Crippen LogP) is 2.94. The van der Waals surface area contributed by atoms with Gasteiger partial charge in [-0.1, -0.05) is 13.8 Å². The van der Waals surface area contributed by atoms with Gasteiger partial charge in [-0.2, -0.15) is 5.10 Å². The number of fused-ring (bicyclic) bond motifs is 1. The van der Waals surface area contributed by atoms with Crippen molar-refractivity contribution in [3.63, 3.8) is 0 Å². The molecule has 2 saturated carbocycles. The van der Waals surface area contributed by atoms with Gasteiger partial charge in [0.1, 0.15) is 0 Å². The molecule has 0 saturated heterocycles. The Morgan fingerprint density at radius 3 is 2.70 bits per heavy atom. The fraction of sp³-hybridized carbons (Fsp3) is 0.824. The Hall–Kier alpha value is -0.830. The fourth-order valence-electron chi connectivity index (χ4n) is 4.18. The first-order valence-corrected chi connectivity index (χ1v) is 8.38. The quantitative estimate of drug-likeness (QED) is 0.775. The summed E-state index contributed by atoms with van der Waals surface area (Å²) in [5.41, 5.74) is 3.17. The van der Waals surface area contributed by atoms with Crippen LogP contribution in [0.25, 0.3) is 0 Å². The zero-order chi connectivity index (χ0) is 14.2. The first-order chi connectivity index (χ1) is 9.65. The maximum absolute atomic E-state index is 4.63. The Labute approximate surface area is 123 Å². The monoisotopic (exact) mass is 275 g/mol. The standard InChI is InChI=1S/C17H29N3/c1-4-6-18-12-17(9-13-7-14(13)10-17)11-16-8-15(5-2)19-20(16)3/h8,13-14,18H,4-7,9-12H2,1-3H3. The highest BCUT2D eigenvalue weighted by Crippen LogP contribution is 2.60. The first-order valence-electron chi connectivity index (χ1n) is 8.38. The molecule has 0 bridgehead atoms. The molecule has 1 heterocycles. The minimum absolute atomic E-state index is 0.502. The molecule has 2 atom stereocenters. The van der Waals surface area contributed by atoms with Crippen LogP contribution in [0.1, 0.15) is 50.9 Å². The van der Waals surface area contributed by atoms with Gasteiger partial charge < -0.3 is 5.32 Å². The van der Waals surface area contributed by atoms with Gasteiger partial charge in [0.05, 0.1) is 5.69 Å². The average Bonchev–Trinajstić information content (AvgIpc) is 2.89. The third kappa shape index (κ3) is 2.78. The van der Waals surface area contributed by atoms with Crippen molar-refractivity contribution in [2.45, 2.75) is 52.4 Å². The van der Waals surface area contributed by atoms with Crippen LogP contribution >= 0.6 is 0 Å². The maximum Gasteiger partial charge on any atom is 0.0624 e. The van der Waals surface area contributed by atoms with E-state index in [0.29, 0.717) is 5.41 Å². The molecule has 3 rings (SSSR count). The summed E-state index contributed by atoms with van der Waals surface area (Å²) in [6.07, 6.45) is 7.85. The number of hydrogen-bond acceptors (Lipinski definition) is 2. The SMILES string of the molecule is CCCNCC1(Cc2cc(CC)nn2C)CC2CC2C1. The largest absolute Gasteiger partial charge is 0.316 e. The van der Waals surface area contributed by atoms with E-state index in [4.69, 9.17) is 0 Å². The van der Waals surface area contributed by atoms with Gasteiger partial charge in [-0.05, 0) is 68.4 Å². The van der Waals surface area contributed by atoms with E-state index in [9.17, 15) is 0 Å². The highest BCUT2D eigenvalue weighted by Gasteiger charge is 2.53. The molecule has 112 valence electrons. The molecule has 0 aromatic carbocycles. The summed E-state index contributed by atoms with van der Waals surface area (Å²) in [6, 6.07) is 2.32. The molecule has 3 nitrogen and oxygen atoms in total. The molecule has 1 aromatic rings. The molecule has 0 amide bonds.